The number of morpholine rings is 1. The second-order valence-electron chi connectivity index (χ2n) is 3.18. The van der Waals surface area contributed by atoms with E-state index < -0.39 is 10.0 Å². The van der Waals surface area contributed by atoms with Crippen LogP contribution in [0.25, 0.3) is 0 Å². The summed E-state index contributed by atoms with van der Waals surface area (Å²) >= 11 is 0. The summed E-state index contributed by atoms with van der Waals surface area (Å²) in [5.74, 6) is 0. The molecular weight excluding hydrogens is 166 g/mol. The second kappa shape index (κ2) is 2.18. The summed E-state index contributed by atoms with van der Waals surface area (Å²) in [7, 11) is -2.98. The third-order valence-corrected chi connectivity index (χ3v) is 3.58. The highest BCUT2D eigenvalue weighted by Gasteiger charge is 2.43. The van der Waals surface area contributed by atoms with E-state index in [4.69, 9.17) is 4.74 Å². The zero-order valence-electron chi connectivity index (χ0n) is 6.36. The molecule has 2 bridgehead atoms. The number of hydrogen-bond acceptors (Lipinski definition) is 3. The van der Waals surface area contributed by atoms with Crippen LogP contribution in [-0.2, 0) is 14.8 Å². The Labute approximate surface area is 66.2 Å². The maximum atomic E-state index is 11.1. The van der Waals surface area contributed by atoms with Crippen LogP contribution in [0.4, 0.5) is 0 Å². The fourth-order valence-electron chi connectivity index (χ4n) is 1.77. The van der Waals surface area contributed by atoms with Gasteiger partial charge in [0.1, 0.15) is 0 Å². The van der Waals surface area contributed by atoms with Crippen LogP contribution in [0.3, 0.4) is 0 Å². The minimum Gasteiger partial charge on any atom is -0.375 e. The summed E-state index contributed by atoms with van der Waals surface area (Å²) in [5, 5.41) is 0. The van der Waals surface area contributed by atoms with E-state index in [9.17, 15) is 8.42 Å². The molecule has 2 rings (SSSR count). The first-order valence-corrected chi connectivity index (χ1v) is 5.50. The van der Waals surface area contributed by atoms with Gasteiger partial charge in [-0.15, -0.1) is 0 Å². The third kappa shape index (κ3) is 1.17. The lowest BCUT2D eigenvalue weighted by molar-refractivity contribution is 0.0611. The minimum atomic E-state index is -2.98. The summed E-state index contributed by atoms with van der Waals surface area (Å²) < 4.78 is 29.0. The molecule has 64 valence electrons. The summed E-state index contributed by atoms with van der Waals surface area (Å²) in [5.41, 5.74) is 0. The van der Waals surface area contributed by atoms with Crippen LogP contribution in [-0.4, -0.2) is 44.3 Å². The van der Waals surface area contributed by atoms with Gasteiger partial charge in [-0.05, 0) is 6.42 Å². The number of nitrogens with zero attached hydrogens (tertiary/aromatic N) is 1. The number of hydrogen-bond donors (Lipinski definition) is 0. The summed E-state index contributed by atoms with van der Waals surface area (Å²) in [6.45, 7) is 1.14. The average Bonchev–Trinajstić information content (AvgIpc) is 2.42. The monoisotopic (exact) mass is 177 g/mol. The molecule has 2 fully saturated rings. The van der Waals surface area contributed by atoms with Gasteiger partial charge < -0.3 is 4.74 Å². The molecule has 2 aliphatic rings. The van der Waals surface area contributed by atoms with E-state index in [-0.39, 0.29) is 12.1 Å². The van der Waals surface area contributed by atoms with Crippen molar-refractivity contribution >= 4 is 10.0 Å². The first-order chi connectivity index (χ1) is 5.07. The molecule has 2 unspecified atom stereocenters. The molecule has 0 radical (unpaired) electrons. The normalized spacial score (nSPS) is 38.3. The Kier molecular flexibility index (Phi) is 1.49. The van der Waals surface area contributed by atoms with Crippen molar-refractivity contribution in [3.8, 4) is 0 Å². The van der Waals surface area contributed by atoms with Gasteiger partial charge in [-0.2, -0.15) is 4.31 Å². The SMILES string of the molecule is CS(=O)(=O)N1CC2CC1CO2. The third-order valence-electron chi connectivity index (χ3n) is 2.28. The highest BCUT2D eigenvalue weighted by atomic mass is 32.2. The molecule has 2 aliphatic heterocycles. The largest absolute Gasteiger partial charge is 0.375 e. The maximum absolute atomic E-state index is 11.1. The van der Waals surface area contributed by atoms with Gasteiger partial charge in [-0.3, -0.25) is 0 Å². The highest BCUT2D eigenvalue weighted by Crippen LogP contribution is 2.29. The molecule has 2 atom stereocenters. The van der Waals surface area contributed by atoms with Crippen molar-refractivity contribution in [2.24, 2.45) is 0 Å². The smallest absolute Gasteiger partial charge is 0.211 e. The molecule has 0 amide bonds. The predicted molar refractivity (Wildman–Crippen MR) is 39.7 cm³/mol. The average molecular weight is 177 g/mol. The van der Waals surface area contributed by atoms with Gasteiger partial charge in [0, 0.05) is 6.54 Å². The fraction of sp³-hybridized carbons (Fsp3) is 1.00. The van der Waals surface area contributed by atoms with E-state index in [2.05, 4.69) is 0 Å². The van der Waals surface area contributed by atoms with E-state index >= 15 is 0 Å². The van der Waals surface area contributed by atoms with Crippen molar-refractivity contribution in [1.29, 1.82) is 0 Å². The van der Waals surface area contributed by atoms with Crippen molar-refractivity contribution in [2.45, 2.75) is 18.6 Å². The van der Waals surface area contributed by atoms with E-state index in [1.54, 1.807) is 4.31 Å². The van der Waals surface area contributed by atoms with Crippen LogP contribution in [0.5, 0.6) is 0 Å². The van der Waals surface area contributed by atoms with Crippen molar-refractivity contribution in [2.75, 3.05) is 19.4 Å². The molecule has 0 N–H and O–H groups in total. The van der Waals surface area contributed by atoms with Crippen LogP contribution in [0.15, 0.2) is 0 Å². The molecule has 5 heteroatoms. The molecule has 0 aromatic carbocycles. The van der Waals surface area contributed by atoms with Crippen molar-refractivity contribution in [3.63, 3.8) is 0 Å². The molecule has 11 heavy (non-hydrogen) atoms. The summed E-state index contributed by atoms with van der Waals surface area (Å²) in [6, 6.07) is 0.120. The Hall–Kier alpha value is -0.130. The zero-order chi connectivity index (χ0) is 8.06. The van der Waals surface area contributed by atoms with Crippen molar-refractivity contribution in [3.05, 3.63) is 0 Å². The Morgan fingerprint density at radius 3 is 2.55 bits per heavy atom. The van der Waals surface area contributed by atoms with E-state index in [0.29, 0.717) is 13.2 Å². The Bertz CT molecular complexity index is 261. The van der Waals surface area contributed by atoms with E-state index in [1.165, 1.54) is 6.26 Å². The predicted octanol–water partition coefficient (Wildman–Crippen LogP) is -0.581. The topological polar surface area (TPSA) is 46.6 Å². The molecular formula is C6H11NO3S. The van der Waals surface area contributed by atoms with Gasteiger partial charge in [0.15, 0.2) is 0 Å². The first-order valence-electron chi connectivity index (χ1n) is 3.66. The van der Waals surface area contributed by atoms with Gasteiger partial charge in [-0.1, -0.05) is 0 Å². The maximum Gasteiger partial charge on any atom is 0.211 e. The van der Waals surface area contributed by atoms with Crippen molar-refractivity contribution in [1.82, 2.24) is 4.31 Å². The Morgan fingerprint density at radius 2 is 2.27 bits per heavy atom. The van der Waals surface area contributed by atoms with E-state index in [0.717, 1.165) is 6.42 Å². The molecule has 0 spiro atoms. The van der Waals surface area contributed by atoms with Crippen molar-refractivity contribution < 1.29 is 13.2 Å². The van der Waals surface area contributed by atoms with Gasteiger partial charge in [0.25, 0.3) is 0 Å². The van der Waals surface area contributed by atoms with Gasteiger partial charge in [0.05, 0.1) is 25.0 Å². The number of sulfonamides is 1. The molecule has 0 aromatic rings. The van der Waals surface area contributed by atoms with Gasteiger partial charge in [0.2, 0.25) is 10.0 Å². The van der Waals surface area contributed by atoms with Gasteiger partial charge >= 0.3 is 0 Å². The lowest BCUT2D eigenvalue weighted by atomic mass is 10.3. The van der Waals surface area contributed by atoms with Crippen LogP contribution in [0.1, 0.15) is 6.42 Å². The zero-order valence-corrected chi connectivity index (χ0v) is 7.17. The number of rotatable bonds is 1. The van der Waals surface area contributed by atoms with Crippen LogP contribution in [0.2, 0.25) is 0 Å². The quantitative estimate of drug-likeness (QED) is 0.538. The summed E-state index contributed by atoms with van der Waals surface area (Å²) in [6.07, 6.45) is 2.30. The Balaban J connectivity index is 2.21. The van der Waals surface area contributed by atoms with E-state index in [1.807, 2.05) is 0 Å². The van der Waals surface area contributed by atoms with Crippen LogP contribution < -0.4 is 0 Å². The minimum absolute atomic E-state index is 0.120. The highest BCUT2D eigenvalue weighted by molar-refractivity contribution is 7.88. The molecule has 0 aromatic heterocycles. The molecule has 0 saturated carbocycles. The lowest BCUT2D eigenvalue weighted by Crippen LogP contribution is -2.40. The van der Waals surface area contributed by atoms with Crippen LogP contribution in [0, 0.1) is 0 Å². The second-order valence-corrected chi connectivity index (χ2v) is 5.11. The number of fused-ring (bicyclic) bond motifs is 2. The summed E-state index contributed by atoms with van der Waals surface area (Å²) in [4.78, 5) is 0. The number of ether oxygens (including phenoxy) is 1. The molecule has 2 heterocycles. The lowest BCUT2D eigenvalue weighted by Gasteiger charge is -2.23. The molecule has 0 aliphatic carbocycles. The molecule has 2 saturated heterocycles. The Morgan fingerprint density at radius 1 is 1.55 bits per heavy atom. The van der Waals surface area contributed by atoms with Gasteiger partial charge in [-0.25, -0.2) is 8.42 Å². The fourth-order valence-corrected chi connectivity index (χ4v) is 2.90. The van der Waals surface area contributed by atoms with Crippen LogP contribution >= 0.6 is 0 Å². The first kappa shape index (κ1) is 7.52. The molecule has 4 nitrogen and oxygen atoms in total. The standard InChI is InChI=1S/C6H11NO3S/c1-11(8,9)7-3-6-2-5(7)4-10-6/h5-6H,2-4H2,1H3.